The summed E-state index contributed by atoms with van der Waals surface area (Å²) < 4.78 is 0. The molecule has 10 heteroatoms. The highest BCUT2D eigenvalue weighted by Gasteiger charge is 2.69. The zero-order chi connectivity index (χ0) is 20.0. The van der Waals surface area contributed by atoms with Gasteiger partial charge in [0, 0.05) is 20.9 Å². The van der Waals surface area contributed by atoms with E-state index < -0.39 is 24.3 Å². The standard InChI is InChI=1S/C19H16N2O5S3/c22-9(23)5-21-17(24)11-6-4-7(12(11)18(21)25)14-10(6)13(8-2-1-3-27-8)15-16(28-14)20-19(26)29-15/h1-3,6-7,10-14H,4-5H2,(H,20,26)(H,22,23)/t6-,7+,10+,11+,12+,13-,14-/m1/s1. The number of hydrogen-bond acceptors (Lipinski definition) is 7. The van der Waals surface area contributed by atoms with Crippen LogP contribution in [-0.2, 0) is 14.4 Å². The van der Waals surface area contributed by atoms with Crippen LogP contribution in [0.25, 0.3) is 0 Å². The molecular formula is C19H16N2O5S3. The minimum Gasteiger partial charge on any atom is -0.480 e. The number of aromatic amines is 1. The van der Waals surface area contributed by atoms with Crippen molar-refractivity contribution < 1.29 is 19.5 Å². The molecule has 2 bridgehead atoms. The van der Waals surface area contributed by atoms with E-state index in [2.05, 4.69) is 11.1 Å². The van der Waals surface area contributed by atoms with Crippen molar-refractivity contribution in [3.05, 3.63) is 36.9 Å². The molecule has 2 aromatic rings. The third kappa shape index (κ3) is 2.30. The lowest BCUT2D eigenvalue weighted by atomic mass is 9.69. The van der Waals surface area contributed by atoms with Gasteiger partial charge in [0.05, 0.1) is 16.9 Å². The molecule has 7 nitrogen and oxygen atoms in total. The molecule has 1 saturated heterocycles. The van der Waals surface area contributed by atoms with E-state index >= 15 is 0 Å². The second kappa shape index (κ2) is 6.05. The van der Waals surface area contributed by atoms with Gasteiger partial charge in [-0.2, -0.15) is 0 Å². The molecule has 29 heavy (non-hydrogen) atoms. The maximum Gasteiger partial charge on any atom is 0.323 e. The number of H-pyrrole nitrogens is 1. The van der Waals surface area contributed by atoms with Gasteiger partial charge < -0.3 is 10.1 Å². The first kappa shape index (κ1) is 17.9. The summed E-state index contributed by atoms with van der Waals surface area (Å²) in [5.74, 6) is -2.36. The van der Waals surface area contributed by atoms with Gasteiger partial charge in [0.2, 0.25) is 11.8 Å². The number of aromatic nitrogens is 1. The molecule has 150 valence electrons. The number of imide groups is 1. The van der Waals surface area contributed by atoms with E-state index in [9.17, 15) is 19.2 Å². The van der Waals surface area contributed by atoms with Crippen LogP contribution >= 0.6 is 34.4 Å². The number of carboxylic acids is 1. The number of carbonyl (C=O) groups is 3. The normalized spacial score (nSPS) is 37.0. The molecule has 4 aliphatic rings. The number of nitrogens with zero attached hydrogens (tertiary/aromatic N) is 1. The summed E-state index contributed by atoms with van der Waals surface area (Å²) in [4.78, 5) is 55.3. The third-order valence-electron chi connectivity index (χ3n) is 6.96. The van der Waals surface area contributed by atoms with Crippen LogP contribution in [0.1, 0.15) is 22.1 Å². The van der Waals surface area contributed by atoms with Crippen LogP contribution in [0.2, 0.25) is 0 Å². The highest BCUT2D eigenvalue weighted by molar-refractivity contribution is 8.00. The van der Waals surface area contributed by atoms with E-state index in [0.29, 0.717) is 0 Å². The Balaban J connectivity index is 1.45. The number of nitrogens with one attached hydrogen (secondary N) is 1. The monoisotopic (exact) mass is 448 g/mol. The number of amides is 2. The van der Waals surface area contributed by atoms with E-state index in [1.807, 2.05) is 11.4 Å². The van der Waals surface area contributed by atoms with Gasteiger partial charge in [-0.05, 0) is 35.6 Å². The Labute approximate surface area is 177 Å². The Kier molecular flexibility index (Phi) is 3.74. The first-order valence-corrected chi connectivity index (χ1v) is 12.0. The van der Waals surface area contributed by atoms with E-state index in [0.717, 1.165) is 21.2 Å². The van der Waals surface area contributed by atoms with Crippen LogP contribution in [-0.4, -0.2) is 44.6 Å². The lowest BCUT2D eigenvalue weighted by molar-refractivity contribution is -0.149. The van der Waals surface area contributed by atoms with E-state index in [-0.39, 0.29) is 45.6 Å². The Morgan fingerprint density at radius 1 is 1.21 bits per heavy atom. The SMILES string of the molecule is O=C(O)CN1C(=O)[C@H]2[C@@H]3C[C@@H]([C@@H]2C1=O)[C@H]1[C@@H](c2cccs2)c2sc(=O)[nH]c2S[C@H]31. The number of thiophene rings is 1. The third-order valence-corrected chi connectivity index (χ3v) is 10.5. The Morgan fingerprint density at radius 2 is 1.97 bits per heavy atom. The molecule has 0 unspecified atom stereocenters. The first-order valence-electron chi connectivity index (χ1n) is 9.45. The Morgan fingerprint density at radius 3 is 2.66 bits per heavy atom. The number of carbonyl (C=O) groups excluding carboxylic acids is 2. The number of thiazole rings is 1. The van der Waals surface area contributed by atoms with Crippen molar-refractivity contribution in [2.45, 2.75) is 22.6 Å². The lowest BCUT2D eigenvalue weighted by Crippen LogP contribution is -2.42. The van der Waals surface area contributed by atoms with Gasteiger partial charge in [0.1, 0.15) is 6.54 Å². The second-order valence-corrected chi connectivity index (χ2v) is 11.3. The van der Waals surface area contributed by atoms with Crippen molar-refractivity contribution in [1.82, 2.24) is 9.88 Å². The molecule has 2 N–H and O–H groups in total. The molecule has 2 aromatic heterocycles. The predicted octanol–water partition coefficient (Wildman–Crippen LogP) is 2.06. The number of likely N-dealkylation sites (tertiary alicyclic amines) is 1. The molecule has 2 aliphatic carbocycles. The minimum absolute atomic E-state index is 0.0364. The quantitative estimate of drug-likeness (QED) is 0.696. The van der Waals surface area contributed by atoms with E-state index in [4.69, 9.17) is 5.11 Å². The van der Waals surface area contributed by atoms with Gasteiger partial charge in [0.25, 0.3) is 0 Å². The molecule has 3 fully saturated rings. The fraction of sp³-hybridized carbons (Fsp3) is 0.474. The molecule has 0 spiro atoms. The molecule has 0 aromatic carbocycles. The van der Waals surface area contributed by atoms with Crippen LogP contribution < -0.4 is 4.87 Å². The maximum absolute atomic E-state index is 13.0. The first-order chi connectivity index (χ1) is 14.0. The number of hydrogen-bond donors (Lipinski definition) is 2. The van der Waals surface area contributed by atoms with Crippen molar-refractivity contribution in [2.75, 3.05) is 6.54 Å². The molecule has 7 atom stereocenters. The number of aliphatic carboxylic acids is 1. The van der Waals surface area contributed by atoms with Gasteiger partial charge in [-0.1, -0.05) is 17.4 Å². The van der Waals surface area contributed by atoms with Crippen molar-refractivity contribution in [3.8, 4) is 0 Å². The highest BCUT2D eigenvalue weighted by atomic mass is 32.2. The van der Waals surface area contributed by atoms with Gasteiger partial charge in [-0.15, -0.1) is 23.1 Å². The van der Waals surface area contributed by atoms with Crippen LogP contribution in [0.3, 0.4) is 0 Å². The average molecular weight is 449 g/mol. The zero-order valence-electron chi connectivity index (χ0n) is 14.9. The molecule has 0 radical (unpaired) electrons. The summed E-state index contributed by atoms with van der Waals surface area (Å²) in [6, 6.07) is 4.08. The summed E-state index contributed by atoms with van der Waals surface area (Å²) in [6.45, 7) is -0.554. The van der Waals surface area contributed by atoms with Gasteiger partial charge in [-0.25, -0.2) is 0 Å². The van der Waals surface area contributed by atoms with Crippen LogP contribution in [0, 0.1) is 29.6 Å². The van der Waals surface area contributed by atoms with Crippen molar-refractivity contribution in [1.29, 1.82) is 0 Å². The molecule has 2 saturated carbocycles. The molecule has 6 rings (SSSR count). The van der Waals surface area contributed by atoms with Crippen LogP contribution in [0.15, 0.2) is 27.3 Å². The fourth-order valence-electron chi connectivity index (χ4n) is 6.16. The molecule has 2 amide bonds. The predicted molar refractivity (Wildman–Crippen MR) is 107 cm³/mol. The van der Waals surface area contributed by atoms with Crippen LogP contribution in [0.4, 0.5) is 0 Å². The van der Waals surface area contributed by atoms with Crippen LogP contribution in [0.5, 0.6) is 0 Å². The van der Waals surface area contributed by atoms with E-state index in [1.165, 1.54) is 16.2 Å². The number of carboxylic acid groups (broad SMARTS) is 1. The van der Waals surface area contributed by atoms with Crippen molar-refractivity contribution in [3.63, 3.8) is 0 Å². The fourth-order valence-corrected chi connectivity index (χ4v) is 10.0. The molecular weight excluding hydrogens is 432 g/mol. The highest BCUT2D eigenvalue weighted by Crippen LogP contribution is 2.68. The Hall–Kier alpha value is -1.91. The summed E-state index contributed by atoms with van der Waals surface area (Å²) in [7, 11) is 0. The lowest BCUT2D eigenvalue weighted by Gasteiger charge is -2.42. The van der Waals surface area contributed by atoms with Crippen molar-refractivity contribution >= 4 is 52.2 Å². The number of rotatable bonds is 3. The average Bonchev–Trinajstić information content (AvgIpc) is 3.45. The largest absolute Gasteiger partial charge is 0.480 e. The minimum atomic E-state index is -1.16. The smallest absolute Gasteiger partial charge is 0.323 e. The summed E-state index contributed by atoms with van der Waals surface area (Å²) in [5, 5.41) is 12.2. The molecule has 4 heterocycles. The van der Waals surface area contributed by atoms with Gasteiger partial charge in [0.15, 0.2) is 0 Å². The van der Waals surface area contributed by atoms with Gasteiger partial charge >= 0.3 is 10.8 Å². The van der Waals surface area contributed by atoms with Crippen molar-refractivity contribution in [2.24, 2.45) is 29.6 Å². The maximum atomic E-state index is 13.0. The molecule has 2 aliphatic heterocycles. The summed E-state index contributed by atoms with van der Waals surface area (Å²) >= 11 is 4.54. The topological polar surface area (TPSA) is 108 Å². The van der Waals surface area contributed by atoms with Gasteiger partial charge in [-0.3, -0.25) is 24.1 Å². The number of thioether (sulfide) groups is 1. The summed E-state index contributed by atoms with van der Waals surface area (Å²) in [5.41, 5.74) is 0. The zero-order valence-corrected chi connectivity index (χ0v) is 17.4. The Bertz CT molecular complexity index is 1110. The second-order valence-electron chi connectivity index (χ2n) is 8.13. The van der Waals surface area contributed by atoms with E-state index in [1.54, 1.807) is 23.1 Å². The number of fused-ring (bicyclic) bond motifs is 9. The summed E-state index contributed by atoms with van der Waals surface area (Å²) in [6.07, 6.45) is 0.817.